The smallest absolute Gasteiger partial charge is 0.353 e. The summed E-state index contributed by atoms with van der Waals surface area (Å²) >= 11 is 1.25. The molecule has 0 aliphatic heterocycles. The molecule has 0 saturated carbocycles. The predicted molar refractivity (Wildman–Crippen MR) is 97.2 cm³/mol. The molecule has 0 N–H and O–H groups in total. The summed E-state index contributed by atoms with van der Waals surface area (Å²) in [5.74, 6) is -0.424. The fraction of sp³-hybridized carbons (Fsp3) is 0. The van der Waals surface area contributed by atoms with Gasteiger partial charge in [-0.1, -0.05) is 48.5 Å². The SMILES string of the molecule is O=C(Oc1c(-c2ccccc2)oc2ccccc2c1=O)c1cccs1. The minimum absolute atomic E-state index is 0.0942. The van der Waals surface area contributed by atoms with Crippen molar-refractivity contribution >= 4 is 28.3 Å². The van der Waals surface area contributed by atoms with Crippen LogP contribution in [-0.4, -0.2) is 5.97 Å². The van der Waals surface area contributed by atoms with Crippen LogP contribution in [0.25, 0.3) is 22.3 Å². The van der Waals surface area contributed by atoms with E-state index in [0.717, 1.165) is 0 Å². The molecule has 4 nitrogen and oxygen atoms in total. The number of para-hydroxylation sites is 1. The molecular weight excluding hydrogens is 336 g/mol. The van der Waals surface area contributed by atoms with Gasteiger partial charge in [0.05, 0.1) is 5.39 Å². The summed E-state index contributed by atoms with van der Waals surface area (Å²) in [7, 11) is 0. The third-order valence-corrected chi connectivity index (χ3v) is 4.56. The molecule has 0 spiro atoms. The van der Waals surface area contributed by atoms with Gasteiger partial charge in [0.2, 0.25) is 11.2 Å². The Morgan fingerprint density at radius 1 is 0.920 bits per heavy atom. The average Bonchev–Trinajstić information content (AvgIpc) is 3.19. The maximum Gasteiger partial charge on any atom is 0.353 e. The number of ether oxygens (including phenoxy) is 1. The van der Waals surface area contributed by atoms with Gasteiger partial charge in [-0.15, -0.1) is 11.3 Å². The van der Waals surface area contributed by atoms with Crippen molar-refractivity contribution in [2.45, 2.75) is 0 Å². The number of fused-ring (bicyclic) bond motifs is 1. The highest BCUT2D eigenvalue weighted by molar-refractivity contribution is 7.12. The molecule has 0 atom stereocenters. The molecule has 0 amide bonds. The van der Waals surface area contributed by atoms with Crippen molar-refractivity contribution in [1.82, 2.24) is 0 Å². The molecule has 0 bridgehead atoms. The number of thiophene rings is 1. The van der Waals surface area contributed by atoms with Gasteiger partial charge in [0, 0.05) is 5.56 Å². The molecule has 0 aliphatic carbocycles. The van der Waals surface area contributed by atoms with Crippen molar-refractivity contribution in [3.8, 4) is 17.1 Å². The topological polar surface area (TPSA) is 56.5 Å². The van der Waals surface area contributed by atoms with Crippen LogP contribution in [-0.2, 0) is 0 Å². The second kappa shape index (κ2) is 6.37. The monoisotopic (exact) mass is 348 g/mol. The minimum Gasteiger partial charge on any atom is -0.452 e. The minimum atomic E-state index is -0.574. The Labute approximate surface area is 146 Å². The molecule has 0 fully saturated rings. The number of carbonyl (C=O) groups excluding carboxylic acids is 1. The zero-order valence-electron chi connectivity index (χ0n) is 13.0. The summed E-state index contributed by atoms with van der Waals surface area (Å²) in [5.41, 5.74) is 0.743. The Morgan fingerprint density at radius 3 is 2.44 bits per heavy atom. The number of rotatable bonds is 3. The van der Waals surface area contributed by atoms with Gasteiger partial charge in [0.25, 0.3) is 0 Å². The average molecular weight is 348 g/mol. The Kier molecular flexibility index (Phi) is 3.91. The van der Waals surface area contributed by atoms with Crippen LogP contribution in [0, 0.1) is 0 Å². The molecule has 122 valence electrons. The summed E-state index contributed by atoms with van der Waals surface area (Å²) in [6.45, 7) is 0. The molecule has 2 aromatic heterocycles. The number of carbonyl (C=O) groups is 1. The zero-order chi connectivity index (χ0) is 17.2. The van der Waals surface area contributed by atoms with Crippen LogP contribution in [0.2, 0.25) is 0 Å². The van der Waals surface area contributed by atoms with E-state index in [1.807, 2.05) is 18.2 Å². The molecule has 2 aromatic carbocycles. The van der Waals surface area contributed by atoms with E-state index in [1.165, 1.54) is 11.3 Å². The van der Waals surface area contributed by atoms with E-state index in [4.69, 9.17) is 9.15 Å². The second-order valence-corrected chi connectivity index (χ2v) is 6.27. The summed E-state index contributed by atoms with van der Waals surface area (Å²) in [5, 5.41) is 2.15. The largest absolute Gasteiger partial charge is 0.452 e. The lowest BCUT2D eigenvalue weighted by molar-refractivity contribution is 0.0736. The van der Waals surface area contributed by atoms with Crippen molar-refractivity contribution in [1.29, 1.82) is 0 Å². The number of hydrogen-bond donors (Lipinski definition) is 0. The van der Waals surface area contributed by atoms with Gasteiger partial charge in [0.1, 0.15) is 10.5 Å². The molecule has 4 rings (SSSR count). The van der Waals surface area contributed by atoms with E-state index < -0.39 is 5.97 Å². The maximum absolute atomic E-state index is 12.9. The fourth-order valence-corrected chi connectivity index (χ4v) is 3.13. The molecule has 0 aliphatic rings. The lowest BCUT2D eigenvalue weighted by Gasteiger charge is -2.10. The van der Waals surface area contributed by atoms with Gasteiger partial charge in [-0.2, -0.15) is 0 Å². The number of benzene rings is 2. The van der Waals surface area contributed by atoms with E-state index >= 15 is 0 Å². The summed E-state index contributed by atoms with van der Waals surface area (Å²) in [4.78, 5) is 25.7. The Balaban J connectivity index is 1.92. The lowest BCUT2D eigenvalue weighted by atomic mass is 10.1. The normalized spacial score (nSPS) is 10.7. The van der Waals surface area contributed by atoms with Crippen LogP contribution in [0.15, 0.2) is 81.3 Å². The third-order valence-electron chi connectivity index (χ3n) is 3.71. The summed E-state index contributed by atoms with van der Waals surface area (Å²) in [6, 6.07) is 19.4. The predicted octanol–water partition coefficient (Wildman–Crippen LogP) is 4.74. The van der Waals surface area contributed by atoms with Crippen molar-refractivity contribution in [3.05, 3.63) is 87.2 Å². The van der Waals surface area contributed by atoms with Crippen LogP contribution in [0.5, 0.6) is 5.75 Å². The van der Waals surface area contributed by atoms with E-state index in [0.29, 0.717) is 21.4 Å². The Bertz CT molecular complexity index is 1100. The van der Waals surface area contributed by atoms with E-state index in [-0.39, 0.29) is 16.9 Å². The highest BCUT2D eigenvalue weighted by Crippen LogP contribution is 2.31. The van der Waals surface area contributed by atoms with Crippen LogP contribution in [0.4, 0.5) is 0 Å². The van der Waals surface area contributed by atoms with Gasteiger partial charge in [-0.3, -0.25) is 4.79 Å². The number of hydrogen-bond acceptors (Lipinski definition) is 5. The van der Waals surface area contributed by atoms with Gasteiger partial charge in [-0.25, -0.2) is 4.79 Å². The summed E-state index contributed by atoms with van der Waals surface area (Å²) in [6.07, 6.45) is 0. The molecule has 2 heterocycles. The fourth-order valence-electron chi connectivity index (χ4n) is 2.53. The van der Waals surface area contributed by atoms with Gasteiger partial charge in [-0.05, 0) is 23.6 Å². The third kappa shape index (κ3) is 2.86. The zero-order valence-corrected chi connectivity index (χ0v) is 13.8. The first-order chi connectivity index (χ1) is 12.2. The highest BCUT2D eigenvalue weighted by Gasteiger charge is 2.21. The van der Waals surface area contributed by atoms with Crippen molar-refractivity contribution < 1.29 is 13.9 Å². The quantitative estimate of drug-likeness (QED) is 0.502. The van der Waals surface area contributed by atoms with Crippen molar-refractivity contribution in [2.24, 2.45) is 0 Å². The lowest BCUT2D eigenvalue weighted by Crippen LogP contribution is -2.15. The molecular formula is C20H12O4S. The maximum atomic E-state index is 12.9. The van der Waals surface area contributed by atoms with Crippen molar-refractivity contribution in [3.63, 3.8) is 0 Å². The van der Waals surface area contributed by atoms with E-state index in [9.17, 15) is 9.59 Å². The first kappa shape index (κ1) is 15.4. The van der Waals surface area contributed by atoms with E-state index in [1.54, 1.807) is 53.9 Å². The number of esters is 1. The van der Waals surface area contributed by atoms with Crippen LogP contribution < -0.4 is 10.2 Å². The Hall–Kier alpha value is -3.18. The molecule has 0 unspecified atom stereocenters. The van der Waals surface area contributed by atoms with Gasteiger partial charge in [0.15, 0.2) is 5.76 Å². The second-order valence-electron chi connectivity index (χ2n) is 5.32. The standard InChI is InChI=1S/C20H12O4S/c21-17-14-9-4-5-10-15(14)23-18(13-7-2-1-3-8-13)19(17)24-20(22)16-11-6-12-25-16/h1-12H. The molecule has 5 heteroatoms. The van der Waals surface area contributed by atoms with Crippen molar-refractivity contribution in [2.75, 3.05) is 0 Å². The molecule has 25 heavy (non-hydrogen) atoms. The van der Waals surface area contributed by atoms with Gasteiger partial charge >= 0.3 is 5.97 Å². The van der Waals surface area contributed by atoms with Gasteiger partial charge < -0.3 is 9.15 Å². The van der Waals surface area contributed by atoms with E-state index in [2.05, 4.69) is 0 Å². The molecule has 4 aromatic rings. The van der Waals surface area contributed by atoms with Crippen LogP contribution >= 0.6 is 11.3 Å². The first-order valence-electron chi connectivity index (χ1n) is 7.61. The van der Waals surface area contributed by atoms with Crippen LogP contribution in [0.3, 0.4) is 0 Å². The molecule has 0 radical (unpaired) electrons. The Morgan fingerprint density at radius 2 is 1.68 bits per heavy atom. The van der Waals surface area contributed by atoms with Crippen LogP contribution in [0.1, 0.15) is 9.67 Å². The summed E-state index contributed by atoms with van der Waals surface area (Å²) < 4.78 is 11.4. The molecule has 0 saturated heterocycles. The highest BCUT2D eigenvalue weighted by atomic mass is 32.1. The first-order valence-corrected chi connectivity index (χ1v) is 8.49.